The molecule has 3 aliphatic rings. The zero-order valence-electron chi connectivity index (χ0n) is 16.9. The number of aromatic nitrogens is 2. The molecule has 7 nitrogen and oxygen atoms in total. The number of pyridine rings is 1. The Morgan fingerprint density at radius 1 is 1.17 bits per heavy atom. The first-order chi connectivity index (χ1) is 14.7. The largest absolute Gasteiger partial charge is 0.455 e. The Hall–Kier alpha value is -2.84. The molecule has 0 aliphatic carbocycles. The molecule has 1 fully saturated rings. The number of benzene rings is 1. The fraction of sp³-hybridized carbons (Fsp3) is 0.409. The molecule has 3 aromatic rings. The van der Waals surface area contributed by atoms with E-state index >= 15 is 0 Å². The second-order valence-corrected chi connectivity index (χ2v) is 8.12. The van der Waals surface area contributed by atoms with Crippen LogP contribution in [0.1, 0.15) is 11.3 Å². The van der Waals surface area contributed by atoms with E-state index in [1.807, 2.05) is 13.1 Å². The highest BCUT2D eigenvalue weighted by atomic mass is 19.1. The van der Waals surface area contributed by atoms with Crippen molar-refractivity contribution in [2.24, 2.45) is 7.05 Å². The summed E-state index contributed by atoms with van der Waals surface area (Å²) in [6.45, 7) is 4.84. The quantitative estimate of drug-likeness (QED) is 0.703. The third-order valence-corrected chi connectivity index (χ3v) is 6.42. The maximum atomic E-state index is 13.9. The molecule has 1 aromatic carbocycles. The van der Waals surface area contributed by atoms with Crippen LogP contribution in [0.15, 0.2) is 30.5 Å². The third-order valence-electron chi connectivity index (χ3n) is 6.42. The molecular formula is C22H24FN5O2. The number of hydrogen-bond acceptors (Lipinski definition) is 6. The van der Waals surface area contributed by atoms with Crippen LogP contribution >= 0.6 is 0 Å². The molecule has 0 bridgehead atoms. The van der Waals surface area contributed by atoms with Gasteiger partial charge in [-0.2, -0.15) is 0 Å². The van der Waals surface area contributed by atoms with Crippen molar-refractivity contribution >= 4 is 22.4 Å². The van der Waals surface area contributed by atoms with Crippen molar-refractivity contribution in [3.05, 3.63) is 47.5 Å². The molecule has 30 heavy (non-hydrogen) atoms. The number of morpholine rings is 1. The van der Waals surface area contributed by atoms with Crippen LogP contribution in [0.25, 0.3) is 11.0 Å². The van der Waals surface area contributed by atoms with Gasteiger partial charge in [0.2, 0.25) is 6.35 Å². The van der Waals surface area contributed by atoms with Crippen LogP contribution in [0.4, 0.5) is 15.8 Å². The normalized spacial score (nSPS) is 21.3. The molecule has 5 heterocycles. The molecule has 1 N–H and O–H groups in total. The van der Waals surface area contributed by atoms with Gasteiger partial charge >= 0.3 is 0 Å². The summed E-state index contributed by atoms with van der Waals surface area (Å²) in [6.07, 6.45) is 2.06. The number of halogens is 1. The lowest BCUT2D eigenvalue weighted by Gasteiger charge is -2.31. The minimum Gasteiger partial charge on any atom is -0.455 e. The van der Waals surface area contributed by atoms with Crippen molar-refractivity contribution in [2.45, 2.75) is 19.3 Å². The van der Waals surface area contributed by atoms with Gasteiger partial charge in [0.15, 0.2) is 0 Å². The second-order valence-electron chi connectivity index (χ2n) is 8.12. The summed E-state index contributed by atoms with van der Waals surface area (Å²) in [5.74, 6) is 0.588. The van der Waals surface area contributed by atoms with Crippen molar-refractivity contribution in [3.8, 4) is 5.75 Å². The van der Waals surface area contributed by atoms with Crippen LogP contribution in [0.5, 0.6) is 5.75 Å². The summed E-state index contributed by atoms with van der Waals surface area (Å²) in [5.41, 5.74) is 5.41. The molecule has 6 rings (SSSR count). The number of fused-ring (bicyclic) bond motifs is 4. The van der Waals surface area contributed by atoms with Gasteiger partial charge in [0.1, 0.15) is 17.2 Å². The monoisotopic (exact) mass is 409 g/mol. The van der Waals surface area contributed by atoms with Crippen LogP contribution in [-0.2, 0) is 24.8 Å². The van der Waals surface area contributed by atoms with Crippen LogP contribution in [0.3, 0.4) is 0 Å². The number of hydrogen-bond donors (Lipinski definition) is 1. The summed E-state index contributed by atoms with van der Waals surface area (Å²) >= 11 is 0. The second kappa shape index (κ2) is 6.85. The van der Waals surface area contributed by atoms with Gasteiger partial charge < -0.3 is 24.3 Å². The molecule has 0 spiro atoms. The summed E-state index contributed by atoms with van der Waals surface area (Å²) in [4.78, 5) is 8.91. The summed E-state index contributed by atoms with van der Waals surface area (Å²) in [7, 11) is 2.02. The number of nitrogens with zero attached hydrogens (tertiary/aromatic N) is 4. The fourth-order valence-electron chi connectivity index (χ4n) is 4.82. The molecular weight excluding hydrogens is 385 g/mol. The highest BCUT2D eigenvalue weighted by Crippen LogP contribution is 2.38. The summed E-state index contributed by atoms with van der Waals surface area (Å²) in [6, 6.07) is 7.91. The van der Waals surface area contributed by atoms with E-state index in [0.717, 1.165) is 74.0 Å². The Balaban J connectivity index is 1.27. The van der Waals surface area contributed by atoms with Gasteiger partial charge in [-0.3, -0.25) is 0 Å². The first-order valence-corrected chi connectivity index (χ1v) is 10.4. The third kappa shape index (κ3) is 2.82. The average molecular weight is 409 g/mol. The van der Waals surface area contributed by atoms with Crippen LogP contribution in [0, 0.1) is 5.82 Å². The number of anilines is 2. The van der Waals surface area contributed by atoms with Crippen molar-refractivity contribution in [3.63, 3.8) is 0 Å². The zero-order valence-corrected chi connectivity index (χ0v) is 16.9. The Labute approximate surface area is 174 Å². The van der Waals surface area contributed by atoms with E-state index in [2.05, 4.69) is 36.8 Å². The molecule has 156 valence electrons. The Morgan fingerprint density at radius 2 is 2.03 bits per heavy atom. The van der Waals surface area contributed by atoms with Crippen molar-refractivity contribution < 1.29 is 13.9 Å². The number of nitrogens with one attached hydrogen (secondary N) is 1. The van der Waals surface area contributed by atoms with Gasteiger partial charge in [0.25, 0.3) is 0 Å². The van der Waals surface area contributed by atoms with Gasteiger partial charge in [-0.1, -0.05) is 0 Å². The van der Waals surface area contributed by atoms with Gasteiger partial charge in [0.05, 0.1) is 25.1 Å². The summed E-state index contributed by atoms with van der Waals surface area (Å²) in [5, 5.41) is 4.41. The topological polar surface area (TPSA) is 54.8 Å². The molecule has 2 aromatic heterocycles. The van der Waals surface area contributed by atoms with Crippen LogP contribution < -0.4 is 15.0 Å². The molecule has 3 aliphatic heterocycles. The number of ether oxygens (including phenoxy) is 2. The van der Waals surface area contributed by atoms with Crippen molar-refractivity contribution in [1.82, 2.24) is 14.5 Å². The lowest BCUT2D eigenvalue weighted by Crippen LogP contribution is -2.48. The molecule has 1 atom stereocenters. The van der Waals surface area contributed by atoms with E-state index in [9.17, 15) is 4.39 Å². The molecule has 1 unspecified atom stereocenters. The molecule has 0 amide bonds. The van der Waals surface area contributed by atoms with Gasteiger partial charge in [-0.05, 0) is 24.3 Å². The lowest BCUT2D eigenvalue weighted by atomic mass is 10.0. The van der Waals surface area contributed by atoms with E-state index in [1.165, 1.54) is 17.5 Å². The Morgan fingerprint density at radius 3 is 2.90 bits per heavy atom. The van der Waals surface area contributed by atoms with E-state index in [-0.39, 0.29) is 12.2 Å². The lowest BCUT2D eigenvalue weighted by molar-refractivity contribution is -0.0274. The minimum atomic E-state index is -0.291. The first-order valence-electron chi connectivity index (χ1n) is 10.4. The highest BCUT2D eigenvalue weighted by Gasteiger charge is 2.30. The van der Waals surface area contributed by atoms with E-state index in [1.54, 1.807) is 6.07 Å². The standard InChI is InChI=1S/C22H24FN5O2/c1-26-19-4-5-28(13-17(19)16-10-14(23)12-24-21(16)26)15-2-3-20-18(11-15)25-22(30-20)27-6-8-29-9-7-27/h2-3,10-12,22,25H,4-9,13H2,1H3. The van der Waals surface area contributed by atoms with Crippen LogP contribution in [-0.4, -0.2) is 53.7 Å². The smallest absolute Gasteiger partial charge is 0.230 e. The summed E-state index contributed by atoms with van der Waals surface area (Å²) < 4.78 is 27.5. The van der Waals surface area contributed by atoms with Gasteiger partial charge in [-0.15, -0.1) is 0 Å². The van der Waals surface area contributed by atoms with E-state index in [4.69, 9.17) is 9.47 Å². The maximum Gasteiger partial charge on any atom is 0.230 e. The maximum absolute atomic E-state index is 13.9. The van der Waals surface area contributed by atoms with Gasteiger partial charge in [0, 0.05) is 62.0 Å². The number of aryl methyl sites for hydroxylation is 1. The molecule has 8 heteroatoms. The molecule has 1 saturated heterocycles. The fourth-order valence-corrected chi connectivity index (χ4v) is 4.82. The van der Waals surface area contributed by atoms with Gasteiger partial charge in [-0.25, -0.2) is 14.3 Å². The SMILES string of the molecule is Cn1c2c(c3cc(F)cnc31)CN(c1ccc3c(c1)NC(N1CCOCC1)O3)CC2. The minimum absolute atomic E-state index is 0.140. The van der Waals surface area contributed by atoms with Crippen LogP contribution in [0.2, 0.25) is 0 Å². The predicted molar refractivity (Wildman–Crippen MR) is 112 cm³/mol. The first kappa shape index (κ1) is 18.0. The molecule has 0 saturated carbocycles. The molecule has 0 radical (unpaired) electrons. The average Bonchev–Trinajstić information content (AvgIpc) is 3.33. The van der Waals surface area contributed by atoms with Crippen molar-refractivity contribution in [2.75, 3.05) is 43.1 Å². The van der Waals surface area contributed by atoms with E-state index < -0.39 is 0 Å². The predicted octanol–water partition coefficient (Wildman–Crippen LogP) is 2.70. The Kier molecular flexibility index (Phi) is 4.10. The Bertz CT molecular complexity index is 1120. The van der Waals surface area contributed by atoms with Crippen molar-refractivity contribution in [1.29, 1.82) is 0 Å². The highest BCUT2D eigenvalue weighted by molar-refractivity contribution is 5.83. The van der Waals surface area contributed by atoms with E-state index in [0.29, 0.717) is 0 Å². The number of rotatable bonds is 2. The zero-order chi connectivity index (χ0) is 20.2.